The number of likely N-dealkylation sites (tertiary alicyclic amines) is 2. The summed E-state index contributed by atoms with van der Waals surface area (Å²) in [6.45, 7) is 10.7. The Hall–Kier alpha value is -11.9. The Bertz CT molecular complexity index is 6150. The highest BCUT2D eigenvalue weighted by atomic mass is 35.5. The molecule has 139 heavy (non-hydrogen) atoms. The molecule has 11 aromatic rings. The number of aliphatic imine (C=N–C) groups is 1. The number of nitrogens with one attached hydrogen (secondary N) is 6. The molecule has 6 fully saturated rings. The number of aromatic nitrogens is 3. The second kappa shape index (κ2) is 45.1. The SMILES string of the molecule is CC(C)(C)OC(=O)N1C[C@@](O)(c2ccccc2)C[C@@H]1C(=O)Nc1cc(C(CCC2CC2)(N[S@@](=O)C(C)(C)C)c2ccccn2)ccc1F.Cl.NC(CCC1CC1)(c1ccc(F)c(NC(=O)[C@H]2C[C@](O)(c3ccccc3)CN2)c1)c1ccccn1.NC(CCC1CC1)(c1ccc(F)c(NC(=O)[C@H]2C[C@](O)(c3ccccc3)CN2C(=O)Nc2ccc(Cl)cc2)c1)c1ccccn1.O=C=Nc1ccc(Cl)cc1. The van der Waals surface area contributed by atoms with E-state index in [2.05, 4.69) is 51.3 Å². The van der Waals surface area contributed by atoms with Crippen molar-refractivity contribution in [3.05, 3.63) is 345 Å². The second-order valence-electron chi connectivity index (χ2n) is 38.6. The van der Waals surface area contributed by atoms with Crippen molar-refractivity contribution < 1.29 is 66.2 Å². The van der Waals surface area contributed by atoms with E-state index in [0.717, 1.165) is 43.4 Å². The van der Waals surface area contributed by atoms with Gasteiger partial charge in [-0.25, -0.2) is 36.5 Å². The maximum atomic E-state index is 15.6. The first kappa shape index (κ1) is 104. The highest BCUT2D eigenvalue weighted by molar-refractivity contribution is 7.84. The van der Waals surface area contributed by atoms with Crippen molar-refractivity contribution in [1.82, 2.24) is 34.8 Å². The van der Waals surface area contributed by atoms with Gasteiger partial charge in [-0.1, -0.05) is 189 Å². The molecule has 13 N–H and O–H groups in total. The van der Waals surface area contributed by atoms with Gasteiger partial charge in [0.25, 0.3) is 0 Å². The minimum Gasteiger partial charge on any atom is -0.444 e. The second-order valence-corrected chi connectivity index (χ2v) is 41.4. The van der Waals surface area contributed by atoms with Crippen LogP contribution in [0.25, 0.3) is 0 Å². The summed E-state index contributed by atoms with van der Waals surface area (Å²) in [5, 5.41) is 49.6. The van der Waals surface area contributed by atoms with E-state index in [1.807, 2.05) is 112 Å². The Morgan fingerprint density at radius 1 is 0.496 bits per heavy atom. The van der Waals surface area contributed by atoms with Crippen molar-refractivity contribution in [2.45, 2.75) is 200 Å². The Kier molecular flexibility index (Phi) is 33.9. The molecule has 3 aromatic heterocycles. The Balaban J connectivity index is 0.000000168. The number of hydrogen-bond donors (Lipinski definition) is 11. The van der Waals surface area contributed by atoms with Gasteiger partial charge in [0.2, 0.25) is 23.8 Å². The number of hydrogen-bond acceptors (Lipinski definition) is 18. The fourth-order valence-electron chi connectivity index (χ4n) is 17.5. The first-order chi connectivity index (χ1) is 65.8. The molecule has 0 bridgehead atoms. The lowest BCUT2D eigenvalue weighted by atomic mass is 9.82. The van der Waals surface area contributed by atoms with Gasteiger partial charge in [0.15, 0.2) is 0 Å². The van der Waals surface area contributed by atoms with E-state index in [9.17, 15) is 52.7 Å². The Labute approximate surface area is 826 Å². The summed E-state index contributed by atoms with van der Waals surface area (Å²) in [4.78, 5) is 97.1. The van der Waals surface area contributed by atoms with Gasteiger partial charge in [-0.05, 0) is 253 Å². The van der Waals surface area contributed by atoms with E-state index < -0.39 is 120 Å². The van der Waals surface area contributed by atoms with Gasteiger partial charge in [-0.15, -0.1) is 12.4 Å². The van der Waals surface area contributed by atoms with Crippen molar-refractivity contribution >= 4 is 111 Å². The third kappa shape index (κ3) is 26.6. The van der Waals surface area contributed by atoms with Gasteiger partial charge < -0.3 is 63.0 Å². The van der Waals surface area contributed by atoms with Crippen LogP contribution in [0.15, 0.2) is 272 Å². The van der Waals surface area contributed by atoms with Crippen molar-refractivity contribution in [2.75, 3.05) is 40.9 Å². The van der Waals surface area contributed by atoms with Crippen LogP contribution in [0.5, 0.6) is 0 Å². The van der Waals surface area contributed by atoms with E-state index in [0.29, 0.717) is 97.6 Å². The number of anilines is 4. The molecule has 6 amide bonds. The van der Waals surface area contributed by atoms with Gasteiger partial charge in [-0.2, -0.15) is 4.99 Å². The zero-order chi connectivity index (χ0) is 98.4. The molecule has 6 aliphatic rings. The van der Waals surface area contributed by atoms with Crippen molar-refractivity contribution in [1.29, 1.82) is 0 Å². The number of amides is 6. The quantitative estimate of drug-likeness (QED) is 0.0160. The molecule has 17 rings (SSSR count). The maximum Gasteiger partial charge on any atom is 0.411 e. The molecular formula is C107H118Cl3F3N14O11S. The molecule has 10 atom stereocenters. The molecule has 0 radical (unpaired) electrons. The number of carbonyl (C=O) groups excluding carboxylic acids is 6. The molecule has 3 unspecified atom stereocenters. The fraction of sp³-hybridized carbons (Fsp3) is 0.355. The van der Waals surface area contributed by atoms with Crippen molar-refractivity contribution in [3.8, 4) is 0 Å². The lowest BCUT2D eigenvalue weighted by Gasteiger charge is -2.37. The molecule has 0 spiro atoms. The van der Waals surface area contributed by atoms with Crippen LogP contribution >= 0.6 is 35.6 Å². The van der Waals surface area contributed by atoms with E-state index >= 15 is 8.78 Å². The van der Waals surface area contributed by atoms with Gasteiger partial charge in [-0.3, -0.25) is 34.2 Å². The zero-order valence-electron chi connectivity index (χ0n) is 78.2. The maximum absolute atomic E-state index is 15.6. The summed E-state index contributed by atoms with van der Waals surface area (Å²) in [7, 11) is -1.53. The van der Waals surface area contributed by atoms with E-state index in [1.54, 1.807) is 179 Å². The molecule has 25 nitrogen and oxygen atoms in total. The average molecular weight is 1970 g/mol. The summed E-state index contributed by atoms with van der Waals surface area (Å²) >= 11 is 11.6. The van der Waals surface area contributed by atoms with E-state index in [4.69, 9.17) is 39.4 Å². The van der Waals surface area contributed by atoms with Crippen LogP contribution in [0.1, 0.15) is 188 Å². The number of isocyanates is 1. The molecule has 730 valence electrons. The molecule has 6 heterocycles. The topological polar surface area (TPSA) is 371 Å². The van der Waals surface area contributed by atoms with Crippen LogP contribution < -0.4 is 42.8 Å². The Morgan fingerprint density at radius 3 is 1.30 bits per heavy atom. The molecule has 3 aliphatic heterocycles. The van der Waals surface area contributed by atoms with Crippen molar-refractivity contribution in [2.24, 2.45) is 34.2 Å². The third-order valence-electron chi connectivity index (χ3n) is 26.0. The molecule has 3 saturated heterocycles. The van der Waals surface area contributed by atoms with Crippen LogP contribution in [-0.4, -0.2) is 128 Å². The summed E-state index contributed by atoms with van der Waals surface area (Å²) in [6.07, 6.45) is 17.3. The molecular weight excluding hydrogens is 1850 g/mol. The predicted molar refractivity (Wildman–Crippen MR) is 536 cm³/mol. The Morgan fingerprint density at radius 2 is 0.885 bits per heavy atom. The van der Waals surface area contributed by atoms with Crippen LogP contribution in [0.2, 0.25) is 10.0 Å². The standard InChI is InChI=1S/C37H47FN4O5S.C35H35ClFN5O3.C28H31FN4O2.C7H4ClNO.ClH/c1-34(2,3)47-33(44)42-24-36(45,26-12-8-7-9-13-26)23-30(42)32(43)40-29-22-27(17-18-28(29)38)37(20-19-25-15-16-25,31-14-10-11-21-39-31)41-48(46)35(4,5)6;36-26-12-14-27(15-13-26)40-33(44)42-22-34(45,24-6-2-1-3-7-24)21-30(42)32(43)41-29-20-25(11-16-28(29)37)35(38,18-17-23-9-10-23)31-8-4-5-19-39-31;29-22-12-11-21(28(30,14-13-19-9-10-19)25-8-4-5-15-31-25)16-23(22)33-26(34)24-17-27(35,18-32-24)20-6-2-1-3-7-20;8-6-1-3-7(4-2-6)9-5-10;/h7-14,17-18,21-22,25,30,41,45H,15-16,19-20,23-24H2,1-6H3,(H,40,43);1-8,11-16,19-20,23,30,45H,9-10,17-18,21-22,38H2,(H,40,44)(H,41,43);1-8,11-12,15-16,19,24,32,35H,9-10,13-14,17-18,30H2,(H,33,34);1-4H;1H/t30-,36-,37?,48+;30-,34-,35?;24-,27-,28?;;/m111../s1. The number of rotatable bonds is 28. The number of aliphatic hydroxyl groups is 3. The van der Waals surface area contributed by atoms with Crippen LogP contribution in [-0.2, 0) is 68.3 Å². The number of ether oxygens (including phenoxy) is 1. The summed E-state index contributed by atoms with van der Waals surface area (Å²) in [5.41, 5.74) is 12.7. The highest BCUT2D eigenvalue weighted by Crippen LogP contribution is 2.47. The number of benzene rings is 8. The van der Waals surface area contributed by atoms with Crippen molar-refractivity contribution in [3.63, 3.8) is 0 Å². The fourth-order valence-corrected chi connectivity index (χ4v) is 18.7. The van der Waals surface area contributed by atoms with Crippen LogP contribution in [0.3, 0.4) is 0 Å². The molecule has 32 heteroatoms. The minimum atomic E-state index is -1.53. The minimum absolute atomic E-state index is 0. The highest BCUT2D eigenvalue weighted by Gasteiger charge is 2.53. The summed E-state index contributed by atoms with van der Waals surface area (Å²) in [6, 6.07) is 66.9. The van der Waals surface area contributed by atoms with Crippen LogP contribution in [0.4, 0.5) is 51.2 Å². The third-order valence-corrected chi connectivity index (χ3v) is 28.1. The monoisotopic (exact) mass is 1970 g/mol. The number of nitrogens with zero attached hydrogens (tertiary/aromatic N) is 6. The number of β-amino-alcohol motifs (C(OH)–C–C–N with tert-alkyl or cyclic N) is 3. The first-order valence-electron chi connectivity index (χ1n) is 46.4. The lowest BCUT2D eigenvalue weighted by molar-refractivity contribution is -0.120. The van der Waals surface area contributed by atoms with E-state index in [1.165, 1.54) is 59.8 Å². The van der Waals surface area contributed by atoms with Gasteiger partial charge >= 0.3 is 12.1 Å². The molecule has 3 saturated carbocycles. The summed E-state index contributed by atoms with van der Waals surface area (Å²) in [5.74, 6) is -1.73. The molecule has 3 aliphatic carbocycles. The van der Waals surface area contributed by atoms with Gasteiger partial charge in [0.1, 0.15) is 51.9 Å². The number of nitrogens with two attached hydrogens (primary N) is 2. The number of urea groups is 1. The largest absolute Gasteiger partial charge is 0.444 e. The normalized spacial score (nSPS) is 20.8. The number of carbonyl (C=O) groups is 5. The average Bonchev–Trinajstić information content (AvgIpc) is 1.72. The molecule has 8 aromatic carbocycles. The first-order valence-corrected chi connectivity index (χ1v) is 48.3. The summed E-state index contributed by atoms with van der Waals surface area (Å²) < 4.78 is 67.8. The lowest BCUT2D eigenvalue weighted by Crippen LogP contribution is -2.49. The number of pyridine rings is 3. The van der Waals surface area contributed by atoms with Gasteiger partial charge in [0, 0.05) is 60.1 Å². The number of halogens is 6. The van der Waals surface area contributed by atoms with E-state index in [-0.39, 0.29) is 68.4 Å². The van der Waals surface area contributed by atoms with Crippen LogP contribution in [0, 0.1) is 35.2 Å². The zero-order valence-corrected chi connectivity index (χ0v) is 81.4. The smallest absolute Gasteiger partial charge is 0.411 e. The van der Waals surface area contributed by atoms with Gasteiger partial charge in [0.05, 0.1) is 91.3 Å². The predicted octanol–water partition coefficient (Wildman–Crippen LogP) is 19.5.